The van der Waals surface area contributed by atoms with Gasteiger partial charge in [0, 0.05) is 25.0 Å². The highest BCUT2D eigenvalue weighted by atomic mass is 16.4. The first-order valence-electron chi connectivity index (χ1n) is 7.25. The van der Waals surface area contributed by atoms with E-state index in [1.807, 2.05) is 30.3 Å². The molecule has 4 rings (SSSR count). The summed E-state index contributed by atoms with van der Waals surface area (Å²) < 4.78 is 5.74. The molecule has 1 aliphatic rings. The first kappa shape index (κ1) is 12.6. The SMILES string of the molecule is OC(CN1Cc2ccccc2C1)c1cc2ccccc2o1. The van der Waals surface area contributed by atoms with Crippen LogP contribution in [-0.2, 0) is 13.1 Å². The van der Waals surface area contributed by atoms with Gasteiger partial charge in [-0.25, -0.2) is 0 Å². The minimum absolute atomic E-state index is 0.591. The van der Waals surface area contributed by atoms with Gasteiger partial charge in [-0.3, -0.25) is 4.90 Å². The Kier molecular flexibility index (Phi) is 3.02. The number of nitrogens with zero attached hydrogens (tertiary/aromatic N) is 1. The second kappa shape index (κ2) is 5.02. The normalized spacial score (nSPS) is 16.2. The molecule has 3 heteroatoms. The van der Waals surface area contributed by atoms with Crippen molar-refractivity contribution in [2.75, 3.05) is 6.54 Å². The molecule has 0 radical (unpaired) electrons. The molecule has 0 spiro atoms. The number of fused-ring (bicyclic) bond motifs is 2. The zero-order chi connectivity index (χ0) is 14.2. The summed E-state index contributed by atoms with van der Waals surface area (Å²) >= 11 is 0. The lowest BCUT2D eigenvalue weighted by Crippen LogP contribution is -2.23. The van der Waals surface area contributed by atoms with E-state index in [9.17, 15) is 5.11 Å². The summed E-state index contributed by atoms with van der Waals surface area (Å²) in [6, 6.07) is 18.2. The summed E-state index contributed by atoms with van der Waals surface area (Å²) in [6.45, 7) is 2.38. The number of aliphatic hydroxyl groups excluding tert-OH is 1. The lowest BCUT2D eigenvalue weighted by molar-refractivity contribution is 0.0950. The van der Waals surface area contributed by atoms with Gasteiger partial charge in [-0.2, -0.15) is 0 Å². The Hall–Kier alpha value is -2.10. The van der Waals surface area contributed by atoms with E-state index in [0.29, 0.717) is 12.3 Å². The lowest BCUT2D eigenvalue weighted by atomic mass is 10.1. The minimum atomic E-state index is -0.591. The molecule has 2 aromatic carbocycles. The van der Waals surface area contributed by atoms with Crippen LogP contribution < -0.4 is 0 Å². The van der Waals surface area contributed by atoms with E-state index >= 15 is 0 Å². The summed E-state index contributed by atoms with van der Waals surface area (Å²) in [5.74, 6) is 0.646. The fraction of sp³-hybridized carbons (Fsp3) is 0.222. The van der Waals surface area contributed by atoms with Crippen molar-refractivity contribution >= 4 is 11.0 Å². The van der Waals surface area contributed by atoms with Crippen LogP contribution in [-0.4, -0.2) is 16.6 Å². The molecule has 0 fully saturated rings. The van der Waals surface area contributed by atoms with E-state index in [4.69, 9.17) is 4.42 Å². The van der Waals surface area contributed by atoms with E-state index in [1.165, 1.54) is 11.1 Å². The van der Waals surface area contributed by atoms with Gasteiger partial charge in [0.2, 0.25) is 0 Å². The Morgan fingerprint density at radius 1 is 1.00 bits per heavy atom. The van der Waals surface area contributed by atoms with Gasteiger partial charge in [-0.05, 0) is 23.3 Å². The molecule has 21 heavy (non-hydrogen) atoms. The van der Waals surface area contributed by atoms with Gasteiger partial charge in [0.1, 0.15) is 17.4 Å². The average molecular weight is 279 g/mol. The van der Waals surface area contributed by atoms with Crippen molar-refractivity contribution in [3.8, 4) is 0 Å². The van der Waals surface area contributed by atoms with E-state index in [2.05, 4.69) is 29.2 Å². The monoisotopic (exact) mass is 279 g/mol. The van der Waals surface area contributed by atoms with E-state index in [0.717, 1.165) is 24.1 Å². The highest BCUT2D eigenvalue weighted by molar-refractivity contribution is 5.77. The van der Waals surface area contributed by atoms with Crippen molar-refractivity contribution in [2.24, 2.45) is 0 Å². The fourth-order valence-electron chi connectivity index (χ4n) is 3.03. The third-order valence-corrected chi connectivity index (χ3v) is 4.11. The van der Waals surface area contributed by atoms with E-state index in [1.54, 1.807) is 0 Å². The molecule has 3 nitrogen and oxygen atoms in total. The van der Waals surface area contributed by atoms with Crippen LogP contribution >= 0.6 is 0 Å². The van der Waals surface area contributed by atoms with Crippen LogP contribution in [0.5, 0.6) is 0 Å². The van der Waals surface area contributed by atoms with Crippen molar-refractivity contribution in [3.63, 3.8) is 0 Å². The summed E-state index contributed by atoms with van der Waals surface area (Å²) in [5.41, 5.74) is 3.54. The molecule has 0 aliphatic carbocycles. The van der Waals surface area contributed by atoms with Gasteiger partial charge in [-0.15, -0.1) is 0 Å². The van der Waals surface area contributed by atoms with Crippen LogP contribution in [0.25, 0.3) is 11.0 Å². The predicted molar refractivity (Wildman–Crippen MR) is 81.7 cm³/mol. The maximum Gasteiger partial charge on any atom is 0.135 e. The summed E-state index contributed by atoms with van der Waals surface area (Å²) in [6.07, 6.45) is -0.591. The molecule has 2 heterocycles. The van der Waals surface area contributed by atoms with Gasteiger partial charge in [0.25, 0.3) is 0 Å². The van der Waals surface area contributed by atoms with Crippen LogP contribution in [0.1, 0.15) is 23.0 Å². The first-order chi connectivity index (χ1) is 10.3. The molecular formula is C18H17NO2. The first-order valence-corrected chi connectivity index (χ1v) is 7.25. The third-order valence-electron chi connectivity index (χ3n) is 4.11. The van der Waals surface area contributed by atoms with Crippen LogP contribution in [0.2, 0.25) is 0 Å². The highest BCUT2D eigenvalue weighted by Gasteiger charge is 2.22. The molecule has 1 atom stereocenters. The van der Waals surface area contributed by atoms with E-state index < -0.39 is 6.10 Å². The number of rotatable bonds is 3. The van der Waals surface area contributed by atoms with Crippen molar-refractivity contribution < 1.29 is 9.52 Å². The zero-order valence-electron chi connectivity index (χ0n) is 11.7. The van der Waals surface area contributed by atoms with Gasteiger partial charge < -0.3 is 9.52 Å². The van der Waals surface area contributed by atoms with Gasteiger partial charge in [0.05, 0.1) is 0 Å². The quantitative estimate of drug-likeness (QED) is 0.797. The van der Waals surface area contributed by atoms with Crippen LogP contribution in [0.3, 0.4) is 0 Å². The number of furan rings is 1. The number of hydrogen-bond acceptors (Lipinski definition) is 3. The second-order valence-electron chi connectivity index (χ2n) is 5.64. The molecule has 1 unspecified atom stereocenters. The largest absolute Gasteiger partial charge is 0.458 e. The second-order valence-corrected chi connectivity index (χ2v) is 5.64. The number of para-hydroxylation sites is 1. The molecule has 3 aromatic rings. The molecule has 1 N–H and O–H groups in total. The van der Waals surface area contributed by atoms with Crippen molar-refractivity contribution in [3.05, 3.63) is 71.5 Å². The van der Waals surface area contributed by atoms with Crippen molar-refractivity contribution in [1.82, 2.24) is 4.90 Å². The van der Waals surface area contributed by atoms with Gasteiger partial charge >= 0.3 is 0 Å². The van der Waals surface area contributed by atoms with Crippen LogP contribution in [0, 0.1) is 0 Å². The molecule has 1 aromatic heterocycles. The maximum absolute atomic E-state index is 10.4. The topological polar surface area (TPSA) is 36.6 Å². The number of β-amino-alcohol motifs (C(OH)–C–C–N with tert-alkyl or cyclic N) is 1. The standard InChI is InChI=1S/C18H17NO2/c20-16(18-9-13-5-3-4-8-17(13)21-18)12-19-10-14-6-1-2-7-15(14)11-19/h1-9,16,20H,10-12H2. The lowest BCUT2D eigenvalue weighted by Gasteiger charge is -2.17. The Morgan fingerprint density at radius 2 is 1.67 bits per heavy atom. The van der Waals surface area contributed by atoms with E-state index in [-0.39, 0.29) is 0 Å². The molecule has 1 aliphatic heterocycles. The molecular weight excluding hydrogens is 262 g/mol. The molecule has 0 amide bonds. The summed E-state index contributed by atoms with van der Waals surface area (Å²) in [5, 5.41) is 11.5. The molecule has 0 saturated carbocycles. The summed E-state index contributed by atoms with van der Waals surface area (Å²) in [7, 11) is 0. The van der Waals surface area contributed by atoms with Gasteiger partial charge in [-0.1, -0.05) is 42.5 Å². The predicted octanol–water partition coefficient (Wildman–Crippen LogP) is 3.48. The maximum atomic E-state index is 10.4. The summed E-state index contributed by atoms with van der Waals surface area (Å²) in [4.78, 5) is 2.25. The van der Waals surface area contributed by atoms with Crippen molar-refractivity contribution in [1.29, 1.82) is 0 Å². The van der Waals surface area contributed by atoms with Crippen LogP contribution in [0.4, 0.5) is 0 Å². The zero-order valence-corrected chi connectivity index (χ0v) is 11.7. The Balaban J connectivity index is 1.50. The number of benzene rings is 2. The molecule has 106 valence electrons. The van der Waals surface area contributed by atoms with Gasteiger partial charge in [0.15, 0.2) is 0 Å². The number of hydrogen-bond donors (Lipinski definition) is 1. The Morgan fingerprint density at radius 3 is 2.38 bits per heavy atom. The third kappa shape index (κ3) is 2.35. The smallest absolute Gasteiger partial charge is 0.135 e. The Labute approximate surface area is 123 Å². The van der Waals surface area contributed by atoms with Crippen molar-refractivity contribution in [2.45, 2.75) is 19.2 Å². The minimum Gasteiger partial charge on any atom is -0.458 e. The highest BCUT2D eigenvalue weighted by Crippen LogP contribution is 2.27. The average Bonchev–Trinajstić information content (AvgIpc) is 3.10. The molecule has 0 bridgehead atoms. The number of aliphatic hydroxyl groups is 1. The Bertz CT molecular complexity index is 719. The molecule has 0 saturated heterocycles. The fourth-order valence-corrected chi connectivity index (χ4v) is 3.03. The van der Waals surface area contributed by atoms with Crippen LogP contribution in [0.15, 0.2) is 59.0 Å².